The molecule has 1 atom stereocenters. The number of carbonyl (C=O) groups is 2. The standard InChI is InChI=1S/C26H39N3O4/c1-5-15-29(24(31)32)22-11-16-27(17-12-22)18-13-26(21-9-7-6-8-10-21)14-19-28(20-33-26)23(30)25(2,3)4/h5-10,22H,1,11-20H2,2-4H3,(H,31,32). The van der Waals surface area contributed by atoms with E-state index in [-0.39, 0.29) is 11.9 Å². The molecule has 0 spiro atoms. The second kappa shape index (κ2) is 10.7. The molecule has 0 aromatic heterocycles. The predicted octanol–water partition coefficient (Wildman–Crippen LogP) is 4.15. The van der Waals surface area contributed by atoms with Gasteiger partial charge in [0.1, 0.15) is 6.73 Å². The first-order valence-electron chi connectivity index (χ1n) is 12.0. The minimum atomic E-state index is -0.874. The molecule has 2 fully saturated rings. The highest BCUT2D eigenvalue weighted by Crippen LogP contribution is 2.38. The van der Waals surface area contributed by atoms with Gasteiger partial charge in [0, 0.05) is 44.2 Å². The Kier molecular flexibility index (Phi) is 8.19. The molecular weight excluding hydrogens is 418 g/mol. The summed E-state index contributed by atoms with van der Waals surface area (Å²) >= 11 is 0. The molecule has 1 aromatic rings. The van der Waals surface area contributed by atoms with Gasteiger partial charge in [-0.1, -0.05) is 57.2 Å². The fraction of sp³-hybridized carbons (Fsp3) is 0.615. The molecule has 2 amide bonds. The third kappa shape index (κ3) is 6.15. The Morgan fingerprint density at radius 2 is 1.88 bits per heavy atom. The van der Waals surface area contributed by atoms with Crippen LogP contribution in [-0.4, -0.2) is 77.3 Å². The van der Waals surface area contributed by atoms with E-state index in [4.69, 9.17) is 4.74 Å². The summed E-state index contributed by atoms with van der Waals surface area (Å²) in [5.41, 5.74) is 0.323. The number of piperidine rings is 1. The van der Waals surface area contributed by atoms with Crippen molar-refractivity contribution in [2.24, 2.45) is 5.41 Å². The molecule has 7 heteroatoms. The van der Waals surface area contributed by atoms with E-state index < -0.39 is 17.1 Å². The summed E-state index contributed by atoms with van der Waals surface area (Å²) in [6.45, 7) is 13.5. The Bertz CT molecular complexity index is 805. The van der Waals surface area contributed by atoms with Crippen molar-refractivity contribution in [1.82, 2.24) is 14.7 Å². The highest BCUT2D eigenvalue weighted by Gasteiger charge is 2.40. The molecule has 1 aromatic carbocycles. The van der Waals surface area contributed by atoms with Gasteiger partial charge >= 0.3 is 6.09 Å². The summed E-state index contributed by atoms with van der Waals surface area (Å²) < 4.78 is 6.48. The number of hydrogen-bond donors (Lipinski definition) is 1. The van der Waals surface area contributed by atoms with Gasteiger partial charge in [0.15, 0.2) is 0 Å². The molecule has 0 aliphatic carbocycles. The molecule has 33 heavy (non-hydrogen) atoms. The maximum absolute atomic E-state index is 12.7. The van der Waals surface area contributed by atoms with Crippen molar-refractivity contribution in [2.75, 3.05) is 39.5 Å². The summed E-state index contributed by atoms with van der Waals surface area (Å²) in [5, 5.41) is 9.49. The third-order valence-corrected chi connectivity index (χ3v) is 6.91. The summed E-state index contributed by atoms with van der Waals surface area (Å²) in [7, 11) is 0. The normalized spacial score (nSPS) is 22.7. The molecule has 0 saturated carbocycles. The zero-order chi connectivity index (χ0) is 24.1. The number of ether oxygens (including phenoxy) is 1. The van der Waals surface area contributed by atoms with E-state index in [1.54, 1.807) is 6.08 Å². The van der Waals surface area contributed by atoms with Crippen LogP contribution in [-0.2, 0) is 15.1 Å². The van der Waals surface area contributed by atoms with Crippen molar-refractivity contribution in [2.45, 2.75) is 58.1 Å². The average molecular weight is 458 g/mol. The zero-order valence-corrected chi connectivity index (χ0v) is 20.3. The Morgan fingerprint density at radius 3 is 2.39 bits per heavy atom. The second-order valence-corrected chi connectivity index (χ2v) is 10.2. The molecule has 182 valence electrons. The lowest BCUT2D eigenvalue weighted by Crippen LogP contribution is -2.51. The molecule has 2 aliphatic heterocycles. The van der Waals surface area contributed by atoms with Gasteiger partial charge in [-0.05, 0) is 31.2 Å². The Balaban J connectivity index is 1.62. The van der Waals surface area contributed by atoms with Gasteiger partial charge in [-0.25, -0.2) is 4.79 Å². The molecule has 0 radical (unpaired) electrons. The molecule has 2 aliphatic rings. The fourth-order valence-corrected chi connectivity index (χ4v) is 4.92. The number of likely N-dealkylation sites (tertiary alicyclic amines) is 1. The first-order valence-corrected chi connectivity index (χ1v) is 12.0. The molecule has 2 heterocycles. The van der Waals surface area contributed by atoms with Crippen LogP contribution in [0.3, 0.4) is 0 Å². The highest BCUT2D eigenvalue weighted by atomic mass is 16.5. The largest absolute Gasteiger partial charge is 0.465 e. The lowest BCUT2D eigenvalue weighted by Gasteiger charge is -2.45. The van der Waals surface area contributed by atoms with Crippen LogP contribution in [0.15, 0.2) is 43.0 Å². The van der Waals surface area contributed by atoms with Crippen LogP contribution in [0.25, 0.3) is 0 Å². The van der Waals surface area contributed by atoms with E-state index in [0.717, 1.165) is 50.9 Å². The van der Waals surface area contributed by atoms with Gasteiger partial charge in [-0.3, -0.25) is 4.79 Å². The first-order chi connectivity index (χ1) is 15.7. The number of benzene rings is 1. The lowest BCUT2D eigenvalue weighted by molar-refractivity contribution is -0.175. The van der Waals surface area contributed by atoms with E-state index >= 15 is 0 Å². The summed E-state index contributed by atoms with van der Waals surface area (Å²) in [6, 6.07) is 10.4. The van der Waals surface area contributed by atoms with E-state index in [2.05, 4.69) is 23.6 Å². The molecule has 1 unspecified atom stereocenters. The Labute approximate surface area is 198 Å². The number of nitrogens with zero attached hydrogens (tertiary/aromatic N) is 3. The lowest BCUT2D eigenvalue weighted by atomic mass is 9.85. The van der Waals surface area contributed by atoms with Crippen LogP contribution in [0.5, 0.6) is 0 Å². The third-order valence-electron chi connectivity index (χ3n) is 6.91. The van der Waals surface area contributed by atoms with Crippen LogP contribution >= 0.6 is 0 Å². The molecule has 1 N–H and O–H groups in total. The summed E-state index contributed by atoms with van der Waals surface area (Å²) in [4.78, 5) is 30.0. The summed E-state index contributed by atoms with van der Waals surface area (Å²) in [6.07, 6.45) is 4.04. The zero-order valence-electron chi connectivity index (χ0n) is 20.3. The van der Waals surface area contributed by atoms with Crippen molar-refractivity contribution < 1.29 is 19.4 Å². The van der Waals surface area contributed by atoms with E-state index in [1.807, 2.05) is 43.9 Å². The van der Waals surface area contributed by atoms with Crippen LogP contribution in [0.4, 0.5) is 4.79 Å². The van der Waals surface area contributed by atoms with Gasteiger partial charge in [0.05, 0.1) is 5.60 Å². The fourth-order valence-electron chi connectivity index (χ4n) is 4.92. The summed E-state index contributed by atoms with van der Waals surface area (Å²) in [5.74, 6) is 0.119. The first kappa shape index (κ1) is 25.2. The number of hydrogen-bond acceptors (Lipinski definition) is 4. The Morgan fingerprint density at radius 1 is 1.21 bits per heavy atom. The van der Waals surface area contributed by atoms with Gasteiger partial charge in [-0.15, -0.1) is 6.58 Å². The van der Waals surface area contributed by atoms with Gasteiger partial charge in [0.25, 0.3) is 0 Å². The van der Waals surface area contributed by atoms with E-state index in [0.29, 0.717) is 19.8 Å². The predicted molar refractivity (Wildman–Crippen MR) is 129 cm³/mol. The monoisotopic (exact) mass is 457 g/mol. The minimum absolute atomic E-state index is 0.0442. The molecular formula is C26H39N3O4. The number of amides is 2. The quantitative estimate of drug-likeness (QED) is 0.623. The van der Waals surface area contributed by atoms with Gasteiger partial charge in [0.2, 0.25) is 5.91 Å². The van der Waals surface area contributed by atoms with Crippen molar-refractivity contribution in [3.05, 3.63) is 48.6 Å². The van der Waals surface area contributed by atoms with Crippen molar-refractivity contribution in [3.8, 4) is 0 Å². The van der Waals surface area contributed by atoms with E-state index in [1.165, 1.54) is 4.90 Å². The number of carboxylic acid groups (broad SMARTS) is 1. The smallest absolute Gasteiger partial charge is 0.407 e. The molecule has 3 rings (SSSR count). The van der Waals surface area contributed by atoms with Gasteiger partial charge < -0.3 is 24.5 Å². The minimum Gasteiger partial charge on any atom is -0.465 e. The highest BCUT2D eigenvalue weighted by molar-refractivity contribution is 5.81. The number of rotatable bonds is 7. The second-order valence-electron chi connectivity index (χ2n) is 10.2. The molecule has 7 nitrogen and oxygen atoms in total. The average Bonchev–Trinajstić information content (AvgIpc) is 2.81. The van der Waals surface area contributed by atoms with Crippen LogP contribution in [0.1, 0.15) is 52.0 Å². The van der Waals surface area contributed by atoms with Crippen molar-refractivity contribution >= 4 is 12.0 Å². The molecule has 0 bridgehead atoms. The SMILES string of the molecule is C=CCN(C(=O)O)C1CCN(CCC2(c3ccccc3)CCN(C(=O)C(C)(C)C)CO2)CC1. The Hall–Kier alpha value is -2.38. The maximum Gasteiger partial charge on any atom is 0.407 e. The van der Waals surface area contributed by atoms with Crippen LogP contribution < -0.4 is 0 Å². The van der Waals surface area contributed by atoms with Crippen molar-refractivity contribution in [1.29, 1.82) is 0 Å². The topological polar surface area (TPSA) is 73.3 Å². The number of carbonyl (C=O) groups excluding carboxylic acids is 1. The van der Waals surface area contributed by atoms with E-state index in [9.17, 15) is 14.7 Å². The van der Waals surface area contributed by atoms with Crippen LogP contribution in [0, 0.1) is 5.41 Å². The maximum atomic E-state index is 12.7. The molecule has 2 saturated heterocycles. The van der Waals surface area contributed by atoms with Crippen LogP contribution in [0.2, 0.25) is 0 Å². The van der Waals surface area contributed by atoms with Gasteiger partial charge in [-0.2, -0.15) is 0 Å². The van der Waals surface area contributed by atoms with Crippen molar-refractivity contribution in [3.63, 3.8) is 0 Å².